The van der Waals surface area contributed by atoms with Gasteiger partial charge in [0.15, 0.2) is 0 Å². The van der Waals surface area contributed by atoms with Crippen molar-refractivity contribution in [3.05, 3.63) is 71.8 Å². The highest BCUT2D eigenvalue weighted by molar-refractivity contribution is 5.14. The lowest BCUT2D eigenvalue weighted by Crippen LogP contribution is -2.39. The summed E-state index contributed by atoms with van der Waals surface area (Å²) in [5.74, 6) is 0. The maximum absolute atomic E-state index is 3.49. The molecule has 0 aromatic heterocycles. The van der Waals surface area contributed by atoms with Crippen LogP contribution in [0, 0.1) is 0 Å². The van der Waals surface area contributed by atoms with Gasteiger partial charge in [0.25, 0.3) is 0 Å². The predicted octanol–water partition coefficient (Wildman–Crippen LogP) is 2.80. The lowest BCUT2D eigenvalue weighted by atomic mass is 10.2. The zero-order valence-electron chi connectivity index (χ0n) is 12.8. The predicted molar refractivity (Wildman–Crippen MR) is 88.7 cm³/mol. The van der Waals surface area contributed by atoms with Crippen molar-refractivity contribution in [2.24, 2.45) is 0 Å². The third-order valence-corrected chi connectivity index (χ3v) is 3.46. The summed E-state index contributed by atoms with van der Waals surface area (Å²) in [6.45, 7) is 6.84. The highest BCUT2D eigenvalue weighted by atomic mass is 15.3. The SMILES string of the molecule is CCN(CNCc1ccccc1)CNCc1ccccc1. The summed E-state index contributed by atoms with van der Waals surface area (Å²) in [4.78, 5) is 2.35. The summed E-state index contributed by atoms with van der Waals surface area (Å²) in [7, 11) is 0. The summed E-state index contributed by atoms with van der Waals surface area (Å²) in [5.41, 5.74) is 2.65. The standard InChI is InChI=1S/C18H25N3/c1-2-21(15-19-13-17-9-5-3-6-10-17)16-20-14-18-11-7-4-8-12-18/h3-12,19-20H,2,13-16H2,1H3. The van der Waals surface area contributed by atoms with Gasteiger partial charge in [-0.1, -0.05) is 67.6 Å². The third kappa shape index (κ3) is 6.08. The number of hydrogen-bond acceptors (Lipinski definition) is 3. The summed E-state index contributed by atoms with van der Waals surface area (Å²) in [6.07, 6.45) is 0. The molecule has 0 aliphatic heterocycles. The Bertz CT molecular complexity index is 439. The molecule has 2 aromatic rings. The highest BCUT2D eigenvalue weighted by Crippen LogP contribution is 1.98. The topological polar surface area (TPSA) is 27.3 Å². The fourth-order valence-electron chi connectivity index (χ4n) is 2.19. The average molecular weight is 283 g/mol. The monoisotopic (exact) mass is 283 g/mol. The van der Waals surface area contributed by atoms with Crippen molar-refractivity contribution in [2.75, 3.05) is 19.9 Å². The molecule has 0 spiro atoms. The van der Waals surface area contributed by atoms with E-state index in [9.17, 15) is 0 Å². The van der Waals surface area contributed by atoms with E-state index in [1.807, 2.05) is 0 Å². The second-order valence-electron chi connectivity index (χ2n) is 5.13. The van der Waals surface area contributed by atoms with Gasteiger partial charge in [0.05, 0.1) is 0 Å². The van der Waals surface area contributed by atoms with E-state index in [1.54, 1.807) is 0 Å². The molecule has 0 aliphatic carbocycles. The number of nitrogens with one attached hydrogen (secondary N) is 2. The molecule has 3 heteroatoms. The van der Waals surface area contributed by atoms with Crippen molar-refractivity contribution in [1.82, 2.24) is 15.5 Å². The molecule has 0 heterocycles. The Morgan fingerprint density at radius 3 is 1.52 bits per heavy atom. The first-order valence-corrected chi connectivity index (χ1v) is 7.60. The van der Waals surface area contributed by atoms with Gasteiger partial charge >= 0.3 is 0 Å². The lowest BCUT2D eigenvalue weighted by Gasteiger charge is -2.21. The molecule has 3 nitrogen and oxygen atoms in total. The van der Waals surface area contributed by atoms with Crippen LogP contribution in [0.25, 0.3) is 0 Å². The zero-order valence-corrected chi connectivity index (χ0v) is 12.8. The fraction of sp³-hybridized carbons (Fsp3) is 0.333. The fourth-order valence-corrected chi connectivity index (χ4v) is 2.19. The molecule has 0 atom stereocenters. The molecule has 0 aliphatic rings. The van der Waals surface area contributed by atoms with Crippen molar-refractivity contribution in [2.45, 2.75) is 20.0 Å². The summed E-state index contributed by atoms with van der Waals surface area (Å²) < 4.78 is 0. The molecule has 0 bridgehead atoms. The van der Waals surface area contributed by atoms with Crippen molar-refractivity contribution < 1.29 is 0 Å². The van der Waals surface area contributed by atoms with Crippen molar-refractivity contribution in [3.63, 3.8) is 0 Å². The number of benzene rings is 2. The number of nitrogens with zero attached hydrogens (tertiary/aromatic N) is 1. The van der Waals surface area contributed by atoms with Crippen LogP contribution in [0.15, 0.2) is 60.7 Å². The molecule has 0 amide bonds. The molecule has 0 radical (unpaired) electrons. The molecule has 2 N–H and O–H groups in total. The minimum Gasteiger partial charge on any atom is -0.300 e. The summed E-state index contributed by atoms with van der Waals surface area (Å²) in [5, 5.41) is 6.97. The van der Waals surface area contributed by atoms with Gasteiger partial charge in [-0.3, -0.25) is 4.90 Å². The number of hydrogen-bond donors (Lipinski definition) is 2. The van der Waals surface area contributed by atoms with Crippen molar-refractivity contribution in [1.29, 1.82) is 0 Å². The Morgan fingerprint density at radius 2 is 1.14 bits per heavy atom. The Balaban J connectivity index is 1.64. The minimum atomic E-state index is 0.896. The summed E-state index contributed by atoms with van der Waals surface area (Å²) in [6, 6.07) is 21.0. The Labute approximate surface area is 128 Å². The minimum absolute atomic E-state index is 0.896. The van der Waals surface area contributed by atoms with Crippen LogP contribution in [0.5, 0.6) is 0 Å². The van der Waals surface area contributed by atoms with Crippen LogP contribution < -0.4 is 10.6 Å². The van der Waals surface area contributed by atoms with Crippen LogP contribution >= 0.6 is 0 Å². The molecule has 2 rings (SSSR count). The Kier molecular flexibility index (Phi) is 6.95. The van der Waals surface area contributed by atoms with E-state index in [4.69, 9.17) is 0 Å². The normalized spacial score (nSPS) is 11.0. The molecule has 0 saturated heterocycles. The zero-order chi connectivity index (χ0) is 14.8. The van der Waals surface area contributed by atoms with Gasteiger partial charge in [0.2, 0.25) is 0 Å². The largest absolute Gasteiger partial charge is 0.300 e. The average Bonchev–Trinajstić information content (AvgIpc) is 2.55. The maximum atomic E-state index is 3.49. The quantitative estimate of drug-likeness (QED) is 0.693. The van der Waals surface area contributed by atoms with Crippen LogP contribution in [0.2, 0.25) is 0 Å². The Hall–Kier alpha value is -1.68. The van der Waals surface area contributed by atoms with Crippen LogP contribution in [-0.2, 0) is 13.1 Å². The molecule has 0 fully saturated rings. The van der Waals surface area contributed by atoms with E-state index < -0.39 is 0 Å². The van der Waals surface area contributed by atoms with E-state index in [2.05, 4.69) is 83.1 Å². The molecule has 0 unspecified atom stereocenters. The lowest BCUT2D eigenvalue weighted by molar-refractivity contribution is 0.243. The van der Waals surface area contributed by atoms with Crippen LogP contribution in [0.4, 0.5) is 0 Å². The number of rotatable bonds is 9. The van der Waals surface area contributed by atoms with E-state index in [0.29, 0.717) is 0 Å². The first-order chi connectivity index (χ1) is 10.4. The molecular formula is C18H25N3. The van der Waals surface area contributed by atoms with Gasteiger partial charge in [0, 0.05) is 26.4 Å². The van der Waals surface area contributed by atoms with Gasteiger partial charge in [-0.25, -0.2) is 0 Å². The van der Waals surface area contributed by atoms with Gasteiger partial charge in [-0.15, -0.1) is 0 Å². The second-order valence-corrected chi connectivity index (χ2v) is 5.13. The first-order valence-electron chi connectivity index (χ1n) is 7.60. The molecule has 112 valence electrons. The smallest absolute Gasteiger partial charge is 0.0494 e. The van der Waals surface area contributed by atoms with Crippen molar-refractivity contribution in [3.8, 4) is 0 Å². The van der Waals surface area contributed by atoms with Gasteiger partial charge in [-0.2, -0.15) is 0 Å². The first kappa shape index (κ1) is 15.7. The van der Waals surface area contributed by atoms with Gasteiger partial charge in [-0.05, 0) is 17.7 Å². The van der Waals surface area contributed by atoms with E-state index in [1.165, 1.54) is 11.1 Å². The van der Waals surface area contributed by atoms with Gasteiger partial charge < -0.3 is 10.6 Å². The highest BCUT2D eigenvalue weighted by Gasteiger charge is 2.01. The van der Waals surface area contributed by atoms with Crippen molar-refractivity contribution >= 4 is 0 Å². The molecular weight excluding hydrogens is 258 g/mol. The third-order valence-electron chi connectivity index (χ3n) is 3.46. The van der Waals surface area contributed by atoms with Crippen LogP contribution in [0.3, 0.4) is 0 Å². The second kappa shape index (κ2) is 9.29. The molecule has 0 saturated carbocycles. The van der Waals surface area contributed by atoms with E-state index >= 15 is 0 Å². The molecule has 2 aromatic carbocycles. The van der Waals surface area contributed by atoms with E-state index in [-0.39, 0.29) is 0 Å². The van der Waals surface area contributed by atoms with Crippen LogP contribution in [-0.4, -0.2) is 24.8 Å². The summed E-state index contributed by atoms with van der Waals surface area (Å²) >= 11 is 0. The maximum Gasteiger partial charge on any atom is 0.0494 e. The molecule has 21 heavy (non-hydrogen) atoms. The van der Waals surface area contributed by atoms with E-state index in [0.717, 1.165) is 33.0 Å². The van der Waals surface area contributed by atoms with Crippen LogP contribution in [0.1, 0.15) is 18.1 Å². The Morgan fingerprint density at radius 1 is 0.714 bits per heavy atom. The van der Waals surface area contributed by atoms with Gasteiger partial charge in [0.1, 0.15) is 0 Å².